The summed E-state index contributed by atoms with van der Waals surface area (Å²) in [5.74, 6) is 2.09. The van der Waals surface area contributed by atoms with Crippen molar-refractivity contribution in [1.82, 2.24) is 25.1 Å². The molecule has 3 aromatic carbocycles. The van der Waals surface area contributed by atoms with Crippen molar-refractivity contribution < 1.29 is 9.53 Å². The van der Waals surface area contributed by atoms with Crippen molar-refractivity contribution in [2.75, 3.05) is 7.11 Å². The molecule has 0 saturated heterocycles. The molecule has 0 radical (unpaired) electrons. The Labute approximate surface area is 225 Å². The zero-order valence-electron chi connectivity index (χ0n) is 21.2. The molecule has 0 bridgehead atoms. The predicted octanol–water partition coefficient (Wildman–Crippen LogP) is 5.87. The molecule has 0 spiro atoms. The third-order valence-electron chi connectivity index (χ3n) is 6.10. The molecule has 190 valence electrons. The van der Waals surface area contributed by atoms with E-state index in [-0.39, 0.29) is 5.91 Å². The standard InChI is InChI=1S/C30H27N5O2S/c1-21-6-3-4-9-27(21)35-28(25-7-5-8-26(18-25)37-2)33-34-30(35)38-20-23-10-12-24(13-11-23)29(36)32-19-22-14-16-31-17-15-22/h3-18H,19-20H2,1-2H3,(H,32,36). The van der Waals surface area contributed by atoms with Crippen LogP contribution in [0.25, 0.3) is 17.1 Å². The molecule has 5 aromatic rings. The van der Waals surface area contributed by atoms with Gasteiger partial charge in [0.1, 0.15) is 5.75 Å². The van der Waals surface area contributed by atoms with Crippen LogP contribution in [-0.2, 0) is 12.3 Å². The van der Waals surface area contributed by atoms with Gasteiger partial charge in [-0.3, -0.25) is 14.3 Å². The molecule has 2 heterocycles. The first-order valence-electron chi connectivity index (χ1n) is 12.2. The van der Waals surface area contributed by atoms with Crippen molar-refractivity contribution in [2.45, 2.75) is 24.4 Å². The van der Waals surface area contributed by atoms with E-state index in [1.54, 1.807) is 31.3 Å². The summed E-state index contributed by atoms with van der Waals surface area (Å²) < 4.78 is 7.52. The molecule has 0 aliphatic carbocycles. The van der Waals surface area contributed by atoms with Crippen LogP contribution in [0.3, 0.4) is 0 Å². The second-order valence-electron chi connectivity index (χ2n) is 8.68. The van der Waals surface area contributed by atoms with E-state index in [1.807, 2.05) is 72.8 Å². The number of aromatic nitrogens is 4. The molecule has 0 saturated carbocycles. The number of nitrogens with zero attached hydrogens (tertiary/aromatic N) is 4. The van der Waals surface area contributed by atoms with Crippen LogP contribution in [0.4, 0.5) is 0 Å². The highest BCUT2D eigenvalue weighted by Crippen LogP contribution is 2.32. The molecular formula is C30H27N5O2S. The molecule has 2 aromatic heterocycles. The zero-order chi connectivity index (χ0) is 26.3. The molecule has 1 N–H and O–H groups in total. The van der Waals surface area contributed by atoms with Crippen molar-refractivity contribution in [3.63, 3.8) is 0 Å². The first kappa shape index (κ1) is 25.2. The summed E-state index contributed by atoms with van der Waals surface area (Å²) in [6.07, 6.45) is 3.43. The largest absolute Gasteiger partial charge is 0.497 e. The summed E-state index contributed by atoms with van der Waals surface area (Å²) in [6, 6.07) is 27.5. The highest BCUT2D eigenvalue weighted by Gasteiger charge is 2.18. The van der Waals surface area contributed by atoms with E-state index >= 15 is 0 Å². The number of aryl methyl sites for hydroxylation is 1. The van der Waals surface area contributed by atoms with Gasteiger partial charge < -0.3 is 10.1 Å². The van der Waals surface area contributed by atoms with Gasteiger partial charge in [0.25, 0.3) is 5.91 Å². The number of para-hydroxylation sites is 1. The molecule has 0 aliphatic rings. The van der Waals surface area contributed by atoms with Crippen LogP contribution in [0.2, 0.25) is 0 Å². The predicted molar refractivity (Wildman–Crippen MR) is 149 cm³/mol. The molecule has 7 nitrogen and oxygen atoms in total. The summed E-state index contributed by atoms with van der Waals surface area (Å²) in [4.78, 5) is 16.6. The molecule has 8 heteroatoms. The summed E-state index contributed by atoms with van der Waals surface area (Å²) in [7, 11) is 1.66. The monoisotopic (exact) mass is 521 g/mol. The van der Waals surface area contributed by atoms with E-state index in [2.05, 4.69) is 44.1 Å². The van der Waals surface area contributed by atoms with E-state index in [4.69, 9.17) is 4.74 Å². The number of nitrogens with one attached hydrogen (secondary N) is 1. The number of thioether (sulfide) groups is 1. The van der Waals surface area contributed by atoms with Gasteiger partial charge in [-0.25, -0.2) is 0 Å². The second-order valence-corrected chi connectivity index (χ2v) is 9.63. The minimum Gasteiger partial charge on any atom is -0.497 e. The van der Waals surface area contributed by atoms with Gasteiger partial charge in [-0.05, 0) is 66.1 Å². The van der Waals surface area contributed by atoms with Gasteiger partial charge >= 0.3 is 0 Å². The smallest absolute Gasteiger partial charge is 0.251 e. The normalized spacial score (nSPS) is 10.8. The van der Waals surface area contributed by atoms with E-state index in [1.165, 1.54) is 0 Å². The SMILES string of the molecule is COc1cccc(-c2nnc(SCc3ccc(C(=O)NCc4ccncc4)cc3)n2-c2ccccc2C)c1. The van der Waals surface area contributed by atoms with Crippen LogP contribution in [0, 0.1) is 6.92 Å². The highest BCUT2D eigenvalue weighted by molar-refractivity contribution is 7.98. The molecule has 0 aliphatic heterocycles. The second kappa shape index (κ2) is 11.7. The lowest BCUT2D eigenvalue weighted by Gasteiger charge is -2.13. The number of carbonyl (C=O) groups excluding carboxylic acids is 1. The van der Waals surface area contributed by atoms with Crippen molar-refractivity contribution in [3.05, 3.63) is 120 Å². The van der Waals surface area contributed by atoms with Gasteiger partial charge in [0.05, 0.1) is 12.8 Å². The molecule has 0 unspecified atom stereocenters. The first-order valence-corrected chi connectivity index (χ1v) is 13.2. The topological polar surface area (TPSA) is 81.9 Å². The Morgan fingerprint density at radius 2 is 1.71 bits per heavy atom. The average molecular weight is 522 g/mol. The van der Waals surface area contributed by atoms with Gasteiger partial charge in [-0.15, -0.1) is 10.2 Å². The molecule has 1 amide bonds. The number of rotatable bonds is 9. The quantitative estimate of drug-likeness (QED) is 0.244. The van der Waals surface area contributed by atoms with Gasteiger partial charge in [0.15, 0.2) is 11.0 Å². The Morgan fingerprint density at radius 1 is 0.921 bits per heavy atom. The number of carbonyl (C=O) groups is 1. The van der Waals surface area contributed by atoms with Crippen LogP contribution in [0.5, 0.6) is 5.75 Å². The lowest BCUT2D eigenvalue weighted by atomic mass is 10.1. The van der Waals surface area contributed by atoms with E-state index in [0.717, 1.165) is 44.7 Å². The Balaban J connectivity index is 1.34. The minimum atomic E-state index is -0.108. The lowest BCUT2D eigenvalue weighted by Crippen LogP contribution is -2.22. The van der Waals surface area contributed by atoms with Crippen molar-refractivity contribution >= 4 is 17.7 Å². The van der Waals surface area contributed by atoms with E-state index < -0.39 is 0 Å². The lowest BCUT2D eigenvalue weighted by molar-refractivity contribution is 0.0951. The number of amides is 1. The molecule has 38 heavy (non-hydrogen) atoms. The number of hydrogen-bond donors (Lipinski definition) is 1. The number of benzene rings is 3. The van der Waals surface area contributed by atoms with Crippen molar-refractivity contribution in [1.29, 1.82) is 0 Å². The Bertz CT molecular complexity index is 1530. The molecular weight excluding hydrogens is 494 g/mol. The van der Waals surface area contributed by atoms with Crippen LogP contribution >= 0.6 is 11.8 Å². The molecule has 0 fully saturated rings. The number of methoxy groups -OCH3 is 1. The highest BCUT2D eigenvalue weighted by atomic mass is 32.2. The van der Waals surface area contributed by atoms with E-state index in [0.29, 0.717) is 17.9 Å². The Morgan fingerprint density at radius 3 is 2.47 bits per heavy atom. The van der Waals surface area contributed by atoms with Crippen LogP contribution in [-0.4, -0.2) is 32.8 Å². The maximum Gasteiger partial charge on any atom is 0.251 e. The van der Waals surface area contributed by atoms with Gasteiger partial charge in [-0.2, -0.15) is 0 Å². The maximum absolute atomic E-state index is 12.6. The summed E-state index contributed by atoms with van der Waals surface area (Å²) in [5.41, 5.74) is 5.79. The van der Waals surface area contributed by atoms with Crippen LogP contribution < -0.4 is 10.1 Å². The Hall–Kier alpha value is -4.43. The van der Waals surface area contributed by atoms with Crippen LogP contribution in [0.15, 0.2) is 102 Å². The summed E-state index contributed by atoms with van der Waals surface area (Å²) in [6.45, 7) is 2.54. The van der Waals surface area contributed by atoms with Gasteiger partial charge in [-0.1, -0.05) is 54.2 Å². The Kier molecular flexibility index (Phi) is 7.80. The first-order chi connectivity index (χ1) is 18.6. The van der Waals surface area contributed by atoms with Gasteiger partial charge in [0, 0.05) is 35.8 Å². The average Bonchev–Trinajstić information content (AvgIpc) is 3.39. The fourth-order valence-corrected chi connectivity index (χ4v) is 4.93. The molecule has 0 atom stereocenters. The number of ether oxygens (including phenoxy) is 1. The molecule has 5 rings (SSSR count). The minimum absolute atomic E-state index is 0.108. The third kappa shape index (κ3) is 5.76. The maximum atomic E-state index is 12.6. The van der Waals surface area contributed by atoms with Gasteiger partial charge in [0.2, 0.25) is 0 Å². The van der Waals surface area contributed by atoms with E-state index in [9.17, 15) is 4.79 Å². The summed E-state index contributed by atoms with van der Waals surface area (Å²) in [5, 5.41) is 12.8. The van der Waals surface area contributed by atoms with Crippen molar-refractivity contribution in [3.8, 4) is 22.8 Å². The third-order valence-corrected chi connectivity index (χ3v) is 7.10. The van der Waals surface area contributed by atoms with Crippen molar-refractivity contribution in [2.24, 2.45) is 0 Å². The number of pyridine rings is 1. The zero-order valence-corrected chi connectivity index (χ0v) is 22.0. The summed E-state index contributed by atoms with van der Waals surface area (Å²) >= 11 is 1.60. The van der Waals surface area contributed by atoms with Crippen LogP contribution in [0.1, 0.15) is 27.0 Å². The fourth-order valence-electron chi connectivity index (χ4n) is 4.03. The fraction of sp³-hybridized carbons (Fsp3) is 0.133. The number of hydrogen-bond acceptors (Lipinski definition) is 6.